The lowest BCUT2D eigenvalue weighted by Crippen LogP contribution is -2.22. The highest BCUT2D eigenvalue weighted by Crippen LogP contribution is 2.28. The van der Waals surface area contributed by atoms with Gasteiger partial charge in [0.15, 0.2) is 0 Å². The third kappa shape index (κ3) is 4.19. The van der Waals surface area contributed by atoms with Crippen LogP contribution in [0.15, 0.2) is 54.6 Å². The fourth-order valence-electron chi connectivity index (χ4n) is 2.84. The largest absolute Gasteiger partial charge is 0.361 e. The summed E-state index contributed by atoms with van der Waals surface area (Å²) < 4.78 is 8.24. The number of para-hydroxylation sites is 1. The molecule has 2 aromatic carbocycles. The molecule has 3 aromatic rings. The number of hydrogen-bond acceptors (Lipinski definition) is 2. The number of fused-ring (bicyclic) bond motifs is 1. The first-order chi connectivity index (χ1) is 12.0. The van der Waals surface area contributed by atoms with E-state index in [0.717, 1.165) is 17.9 Å². The molecule has 1 aromatic heterocycles. The topological polar surface area (TPSA) is 38.0 Å². The Morgan fingerprint density at radius 2 is 1.76 bits per heavy atom. The Balaban J connectivity index is 1.90. The van der Waals surface area contributed by atoms with Crippen LogP contribution in [0.2, 0.25) is 25.7 Å². The van der Waals surface area contributed by atoms with E-state index >= 15 is 0 Å². The summed E-state index contributed by atoms with van der Waals surface area (Å²) in [7, 11) is -1.09. The maximum Gasteiger partial charge on any atom is 0.123 e. The Labute approximate surface area is 150 Å². The van der Waals surface area contributed by atoms with E-state index in [1.807, 2.05) is 24.3 Å². The minimum atomic E-state index is -1.09. The van der Waals surface area contributed by atoms with Gasteiger partial charge in [-0.15, -0.1) is 0 Å². The molecule has 3 nitrogen and oxygen atoms in total. The third-order valence-corrected chi connectivity index (χ3v) is 6.04. The van der Waals surface area contributed by atoms with Gasteiger partial charge in [-0.05, 0) is 35.9 Å². The minimum absolute atomic E-state index is 0.549. The van der Waals surface area contributed by atoms with Crippen LogP contribution in [-0.4, -0.2) is 19.2 Å². The second-order valence-corrected chi connectivity index (χ2v) is 13.2. The number of rotatable bonds is 6. The Kier molecular flexibility index (Phi) is 5.07. The van der Waals surface area contributed by atoms with Gasteiger partial charge in [0.2, 0.25) is 0 Å². The van der Waals surface area contributed by atoms with Gasteiger partial charge in [0.05, 0.1) is 22.8 Å². The highest BCUT2D eigenvalue weighted by atomic mass is 28.3. The number of ether oxygens (including phenoxy) is 1. The predicted octanol–water partition coefficient (Wildman–Crippen LogP) is 5.49. The molecule has 0 saturated carbocycles. The zero-order valence-corrected chi connectivity index (χ0v) is 16.1. The van der Waals surface area contributed by atoms with Crippen molar-refractivity contribution in [1.82, 2.24) is 4.57 Å². The molecule has 0 bridgehead atoms. The smallest absolute Gasteiger partial charge is 0.123 e. The molecule has 0 radical (unpaired) electrons. The molecule has 0 unspecified atom stereocenters. The van der Waals surface area contributed by atoms with Crippen molar-refractivity contribution >= 4 is 19.0 Å². The van der Waals surface area contributed by atoms with E-state index in [0.29, 0.717) is 12.3 Å². The summed E-state index contributed by atoms with van der Waals surface area (Å²) >= 11 is 0. The van der Waals surface area contributed by atoms with Crippen molar-refractivity contribution in [1.29, 1.82) is 5.26 Å². The van der Waals surface area contributed by atoms with Crippen LogP contribution < -0.4 is 0 Å². The molecule has 0 spiro atoms. The standard InChI is InChI=1S/C21H24N2OSi/c1-25(2,3)13-12-24-16-23-20-7-5-4-6-19(20)14-21(23)18-10-8-17(15-22)9-11-18/h4-11,14H,12-13,16H2,1-3H3. The van der Waals surface area contributed by atoms with Gasteiger partial charge in [-0.1, -0.05) is 50.0 Å². The van der Waals surface area contributed by atoms with E-state index in [1.165, 1.54) is 16.9 Å². The summed E-state index contributed by atoms with van der Waals surface area (Å²) in [5, 5.41) is 10.2. The zero-order chi connectivity index (χ0) is 17.9. The van der Waals surface area contributed by atoms with Crippen molar-refractivity contribution in [2.45, 2.75) is 32.4 Å². The van der Waals surface area contributed by atoms with E-state index < -0.39 is 8.07 Å². The van der Waals surface area contributed by atoms with Crippen molar-refractivity contribution in [2.24, 2.45) is 0 Å². The van der Waals surface area contributed by atoms with Crippen molar-refractivity contribution in [3.63, 3.8) is 0 Å². The number of nitriles is 1. The van der Waals surface area contributed by atoms with Crippen LogP contribution in [0, 0.1) is 11.3 Å². The quantitative estimate of drug-likeness (QED) is 0.436. The van der Waals surface area contributed by atoms with Gasteiger partial charge in [-0.3, -0.25) is 0 Å². The molecule has 128 valence electrons. The van der Waals surface area contributed by atoms with Gasteiger partial charge in [0.1, 0.15) is 6.73 Å². The highest BCUT2D eigenvalue weighted by Gasteiger charge is 2.14. The fourth-order valence-corrected chi connectivity index (χ4v) is 3.60. The lowest BCUT2D eigenvalue weighted by Gasteiger charge is -2.17. The van der Waals surface area contributed by atoms with Gasteiger partial charge in [0, 0.05) is 20.1 Å². The van der Waals surface area contributed by atoms with Gasteiger partial charge < -0.3 is 9.30 Å². The second kappa shape index (κ2) is 7.26. The lowest BCUT2D eigenvalue weighted by molar-refractivity contribution is 0.0913. The minimum Gasteiger partial charge on any atom is -0.361 e. The number of nitrogens with zero attached hydrogens (tertiary/aromatic N) is 2. The van der Waals surface area contributed by atoms with E-state index in [4.69, 9.17) is 10.00 Å². The third-order valence-electron chi connectivity index (χ3n) is 4.34. The van der Waals surface area contributed by atoms with Gasteiger partial charge in [-0.2, -0.15) is 5.26 Å². The van der Waals surface area contributed by atoms with Crippen LogP contribution in [0.1, 0.15) is 5.56 Å². The number of aromatic nitrogens is 1. The zero-order valence-electron chi connectivity index (χ0n) is 15.1. The Hall–Kier alpha value is -2.35. The molecule has 3 rings (SSSR count). The van der Waals surface area contributed by atoms with E-state index in [-0.39, 0.29) is 0 Å². The van der Waals surface area contributed by atoms with Crippen LogP contribution in [0.3, 0.4) is 0 Å². The molecule has 0 aliphatic rings. The normalized spacial score (nSPS) is 11.6. The van der Waals surface area contributed by atoms with Crippen molar-refractivity contribution in [3.8, 4) is 17.3 Å². The van der Waals surface area contributed by atoms with Crippen molar-refractivity contribution in [2.75, 3.05) is 6.61 Å². The van der Waals surface area contributed by atoms with Crippen LogP contribution in [0.25, 0.3) is 22.2 Å². The molecule has 1 heterocycles. The molecule has 0 atom stereocenters. The van der Waals surface area contributed by atoms with Gasteiger partial charge in [0.25, 0.3) is 0 Å². The first-order valence-electron chi connectivity index (χ1n) is 8.64. The summed E-state index contributed by atoms with van der Waals surface area (Å²) in [5.41, 5.74) is 4.08. The predicted molar refractivity (Wildman–Crippen MR) is 106 cm³/mol. The highest BCUT2D eigenvalue weighted by molar-refractivity contribution is 6.76. The Bertz CT molecular complexity index is 898. The molecule has 0 N–H and O–H groups in total. The molecule has 0 aliphatic carbocycles. The first kappa shape index (κ1) is 17.5. The average Bonchev–Trinajstić information content (AvgIpc) is 2.97. The SMILES string of the molecule is C[Si](C)(C)CCOCn1c(-c2ccc(C#N)cc2)cc2ccccc21. The molecule has 25 heavy (non-hydrogen) atoms. The van der Waals surface area contributed by atoms with Crippen LogP contribution in [-0.2, 0) is 11.5 Å². The second-order valence-electron chi connectivity index (χ2n) is 7.55. The fraction of sp³-hybridized carbons (Fsp3) is 0.286. The summed E-state index contributed by atoms with van der Waals surface area (Å²) in [4.78, 5) is 0. The van der Waals surface area contributed by atoms with E-state index in [9.17, 15) is 0 Å². The molecule has 0 aliphatic heterocycles. The maximum absolute atomic E-state index is 9.01. The van der Waals surface area contributed by atoms with Gasteiger partial charge in [-0.25, -0.2) is 0 Å². The Morgan fingerprint density at radius 1 is 1.04 bits per heavy atom. The summed E-state index contributed by atoms with van der Waals surface area (Å²) in [6, 6.07) is 21.6. The van der Waals surface area contributed by atoms with Crippen LogP contribution in [0.5, 0.6) is 0 Å². The average molecular weight is 349 g/mol. The van der Waals surface area contributed by atoms with Crippen LogP contribution >= 0.6 is 0 Å². The van der Waals surface area contributed by atoms with Gasteiger partial charge >= 0.3 is 0 Å². The molecule has 0 fully saturated rings. The summed E-state index contributed by atoms with van der Waals surface area (Å²) in [6.45, 7) is 8.44. The monoisotopic (exact) mass is 348 g/mol. The van der Waals surface area contributed by atoms with E-state index in [1.54, 1.807) is 0 Å². The lowest BCUT2D eigenvalue weighted by atomic mass is 10.1. The van der Waals surface area contributed by atoms with Crippen molar-refractivity contribution in [3.05, 3.63) is 60.2 Å². The molecular formula is C21H24N2OSi. The number of hydrogen-bond donors (Lipinski definition) is 0. The number of benzene rings is 2. The van der Waals surface area contributed by atoms with Crippen LogP contribution in [0.4, 0.5) is 0 Å². The summed E-state index contributed by atoms with van der Waals surface area (Å²) in [6.07, 6.45) is 0. The van der Waals surface area contributed by atoms with Crippen molar-refractivity contribution < 1.29 is 4.74 Å². The maximum atomic E-state index is 9.01. The molecule has 0 saturated heterocycles. The summed E-state index contributed by atoms with van der Waals surface area (Å²) in [5.74, 6) is 0. The first-order valence-corrected chi connectivity index (χ1v) is 12.4. The Morgan fingerprint density at radius 3 is 2.44 bits per heavy atom. The van der Waals surface area contributed by atoms with E-state index in [2.05, 4.69) is 60.6 Å². The molecular weight excluding hydrogens is 324 g/mol. The molecule has 4 heteroatoms. The molecule has 0 amide bonds.